The lowest BCUT2D eigenvalue weighted by molar-refractivity contribution is -0.141. The highest BCUT2D eigenvalue weighted by Gasteiger charge is 2.17. The average molecular weight is 409 g/mol. The first kappa shape index (κ1) is 25.3. The summed E-state index contributed by atoms with van der Waals surface area (Å²) in [4.78, 5) is 22.3. The summed E-state index contributed by atoms with van der Waals surface area (Å²) in [7, 11) is 2.88. The average Bonchev–Trinajstić information content (AvgIpc) is 3.08. The molecule has 5 heteroatoms. The molecule has 0 spiro atoms. The van der Waals surface area contributed by atoms with Crippen LogP contribution in [-0.4, -0.2) is 26.2 Å². The predicted octanol–water partition coefficient (Wildman–Crippen LogP) is 5.74. The van der Waals surface area contributed by atoms with E-state index in [1.165, 1.54) is 25.3 Å². The zero-order chi connectivity index (χ0) is 21.5. The maximum Gasteiger partial charge on any atom is 0.305 e. The number of carbonyl (C=O) groups is 2. The fourth-order valence-corrected chi connectivity index (χ4v) is 3.85. The van der Waals surface area contributed by atoms with Gasteiger partial charge in [0.05, 0.1) is 14.2 Å². The van der Waals surface area contributed by atoms with Gasteiger partial charge in [0.1, 0.15) is 11.5 Å². The molecule has 0 aliphatic heterocycles. The SMILES string of the molecule is CCc1c(CCCCCCC(=O)OC)oc(CCCCCCC(=O)OC)c1CC. The Labute approximate surface area is 176 Å². The van der Waals surface area contributed by atoms with Gasteiger partial charge < -0.3 is 13.9 Å². The summed E-state index contributed by atoms with van der Waals surface area (Å²) in [5.41, 5.74) is 2.81. The van der Waals surface area contributed by atoms with Crippen molar-refractivity contribution in [2.24, 2.45) is 0 Å². The molecule has 5 nitrogen and oxygen atoms in total. The Morgan fingerprint density at radius 3 is 1.38 bits per heavy atom. The Morgan fingerprint density at radius 1 is 0.655 bits per heavy atom. The van der Waals surface area contributed by atoms with Crippen LogP contribution in [0.4, 0.5) is 0 Å². The first-order valence-electron chi connectivity index (χ1n) is 11.3. The molecule has 0 aliphatic rings. The van der Waals surface area contributed by atoms with Crippen LogP contribution in [0.15, 0.2) is 4.42 Å². The van der Waals surface area contributed by atoms with Gasteiger partial charge in [-0.05, 0) is 49.7 Å². The second-order valence-corrected chi connectivity index (χ2v) is 7.59. The molecule has 0 unspecified atom stereocenters. The van der Waals surface area contributed by atoms with Crippen LogP contribution in [0.5, 0.6) is 0 Å². The highest BCUT2D eigenvalue weighted by Crippen LogP contribution is 2.27. The van der Waals surface area contributed by atoms with E-state index in [1.54, 1.807) is 0 Å². The number of hydrogen-bond acceptors (Lipinski definition) is 5. The number of aryl methyl sites for hydroxylation is 2. The van der Waals surface area contributed by atoms with Crippen LogP contribution >= 0.6 is 0 Å². The van der Waals surface area contributed by atoms with Gasteiger partial charge in [-0.25, -0.2) is 0 Å². The Kier molecular flexibility index (Phi) is 13.2. The lowest BCUT2D eigenvalue weighted by Crippen LogP contribution is -1.99. The second kappa shape index (κ2) is 15.1. The first-order valence-corrected chi connectivity index (χ1v) is 11.3. The minimum Gasteiger partial charge on any atom is -0.469 e. The lowest BCUT2D eigenvalue weighted by Gasteiger charge is -2.03. The molecule has 0 bridgehead atoms. The summed E-state index contributed by atoms with van der Waals surface area (Å²) in [5.74, 6) is 2.09. The van der Waals surface area contributed by atoms with E-state index in [0.29, 0.717) is 12.8 Å². The van der Waals surface area contributed by atoms with Gasteiger partial charge in [-0.15, -0.1) is 0 Å². The van der Waals surface area contributed by atoms with Gasteiger partial charge in [0.2, 0.25) is 0 Å². The van der Waals surface area contributed by atoms with Crippen molar-refractivity contribution in [3.8, 4) is 0 Å². The number of methoxy groups -OCH3 is 2. The van der Waals surface area contributed by atoms with Crippen molar-refractivity contribution in [3.63, 3.8) is 0 Å². The molecule has 0 radical (unpaired) electrons. The number of rotatable bonds is 16. The zero-order valence-corrected chi connectivity index (χ0v) is 18.9. The van der Waals surface area contributed by atoms with Crippen molar-refractivity contribution in [2.75, 3.05) is 14.2 Å². The van der Waals surface area contributed by atoms with E-state index in [9.17, 15) is 9.59 Å². The van der Waals surface area contributed by atoms with Crippen LogP contribution in [0.2, 0.25) is 0 Å². The number of furan rings is 1. The molecule has 0 N–H and O–H groups in total. The van der Waals surface area contributed by atoms with Crippen molar-refractivity contribution >= 4 is 11.9 Å². The number of unbranched alkanes of at least 4 members (excludes halogenated alkanes) is 6. The quantitative estimate of drug-likeness (QED) is 0.258. The highest BCUT2D eigenvalue weighted by molar-refractivity contribution is 5.69. The predicted molar refractivity (Wildman–Crippen MR) is 115 cm³/mol. The molecule has 0 saturated heterocycles. The number of carbonyl (C=O) groups excluding carboxylic acids is 2. The van der Waals surface area contributed by atoms with E-state index in [4.69, 9.17) is 4.42 Å². The molecule has 0 atom stereocenters. The van der Waals surface area contributed by atoms with Crippen molar-refractivity contribution in [3.05, 3.63) is 22.6 Å². The van der Waals surface area contributed by atoms with Gasteiger partial charge in [0.25, 0.3) is 0 Å². The third-order valence-corrected chi connectivity index (χ3v) is 5.52. The van der Waals surface area contributed by atoms with Crippen LogP contribution < -0.4 is 0 Å². The number of esters is 2. The smallest absolute Gasteiger partial charge is 0.305 e. The fraction of sp³-hybridized carbons (Fsp3) is 0.750. The maximum atomic E-state index is 11.2. The van der Waals surface area contributed by atoms with Crippen LogP contribution in [-0.2, 0) is 44.7 Å². The second-order valence-electron chi connectivity index (χ2n) is 7.59. The lowest BCUT2D eigenvalue weighted by atomic mass is 9.99. The molecule has 0 aliphatic carbocycles. The molecular formula is C24H40O5. The van der Waals surface area contributed by atoms with Gasteiger partial charge in [-0.3, -0.25) is 9.59 Å². The Balaban J connectivity index is 2.43. The summed E-state index contributed by atoms with van der Waals surface area (Å²) >= 11 is 0. The fourth-order valence-electron chi connectivity index (χ4n) is 3.85. The van der Waals surface area contributed by atoms with Gasteiger partial charge in [-0.2, -0.15) is 0 Å². The minimum atomic E-state index is -0.119. The van der Waals surface area contributed by atoms with Gasteiger partial charge in [0, 0.05) is 25.7 Å². The van der Waals surface area contributed by atoms with Gasteiger partial charge >= 0.3 is 11.9 Å². The van der Waals surface area contributed by atoms with E-state index in [-0.39, 0.29) is 11.9 Å². The number of hydrogen-bond donors (Lipinski definition) is 0. The summed E-state index contributed by atoms with van der Waals surface area (Å²) in [6.07, 6.45) is 13.3. The van der Waals surface area contributed by atoms with Crippen molar-refractivity contribution in [1.82, 2.24) is 0 Å². The maximum absolute atomic E-state index is 11.2. The summed E-state index contributed by atoms with van der Waals surface area (Å²) < 4.78 is 15.7. The molecule has 1 aromatic rings. The molecule has 0 amide bonds. The Morgan fingerprint density at radius 2 is 1.03 bits per heavy atom. The molecule has 0 saturated carbocycles. The molecule has 166 valence electrons. The summed E-state index contributed by atoms with van der Waals surface area (Å²) in [6.45, 7) is 4.42. The third kappa shape index (κ3) is 9.51. The molecule has 1 aromatic heterocycles. The van der Waals surface area contributed by atoms with Crippen molar-refractivity contribution in [1.29, 1.82) is 0 Å². The Hall–Kier alpha value is -1.78. The highest BCUT2D eigenvalue weighted by atomic mass is 16.5. The Bertz CT molecular complexity index is 552. The first-order chi connectivity index (χ1) is 14.1. The van der Waals surface area contributed by atoms with Crippen LogP contribution in [0, 0.1) is 0 Å². The van der Waals surface area contributed by atoms with Crippen molar-refractivity contribution in [2.45, 2.75) is 104 Å². The molecule has 0 aromatic carbocycles. The standard InChI is InChI=1S/C24H40O5/c1-5-19-20(6-2)22(16-12-8-10-14-18-24(26)28-4)29-21(19)15-11-7-9-13-17-23(25)27-3/h5-18H2,1-4H3. The van der Waals surface area contributed by atoms with Crippen LogP contribution in [0.3, 0.4) is 0 Å². The van der Waals surface area contributed by atoms with E-state index in [0.717, 1.165) is 88.6 Å². The molecule has 1 rings (SSSR count). The van der Waals surface area contributed by atoms with Gasteiger partial charge in [0.15, 0.2) is 0 Å². The number of ether oxygens (including phenoxy) is 2. The molecule has 0 fully saturated rings. The summed E-state index contributed by atoms with van der Waals surface area (Å²) in [5, 5.41) is 0. The third-order valence-electron chi connectivity index (χ3n) is 5.52. The van der Waals surface area contributed by atoms with Crippen molar-refractivity contribution < 1.29 is 23.5 Å². The zero-order valence-electron chi connectivity index (χ0n) is 18.9. The minimum absolute atomic E-state index is 0.119. The van der Waals surface area contributed by atoms with E-state index in [2.05, 4.69) is 23.3 Å². The van der Waals surface area contributed by atoms with E-state index in [1.807, 2.05) is 0 Å². The largest absolute Gasteiger partial charge is 0.469 e. The normalized spacial score (nSPS) is 10.9. The monoisotopic (exact) mass is 408 g/mol. The van der Waals surface area contributed by atoms with Crippen LogP contribution in [0.1, 0.15) is 101 Å². The van der Waals surface area contributed by atoms with E-state index < -0.39 is 0 Å². The van der Waals surface area contributed by atoms with E-state index >= 15 is 0 Å². The topological polar surface area (TPSA) is 65.7 Å². The molecular weight excluding hydrogens is 368 g/mol. The molecule has 29 heavy (non-hydrogen) atoms. The molecule has 1 heterocycles. The summed E-state index contributed by atoms with van der Waals surface area (Å²) in [6, 6.07) is 0. The van der Waals surface area contributed by atoms with Crippen LogP contribution in [0.25, 0.3) is 0 Å². The van der Waals surface area contributed by atoms with Gasteiger partial charge in [-0.1, -0.05) is 39.5 Å².